The van der Waals surface area contributed by atoms with Crippen LogP contribution in [0.5, 0.6) is 0 Å². The molecule has 2 N–H and O–H groups in total. The molecule has 0 amide bonds. The van der Waals surface area contributed by atoms with Crippen LogP contribution in [0.3, 0.4) is 0 Å². The molecule has 0 radical (unpaired) electrons. The number of aromatic nitrogens is 4. The fourth-order valence-electron chi connectivity index (χ4n) is 2.74. The topological polar surface area (TPSA) is 127 Å². The van der Waals surface area contributed by atoms with E-state index in [1.54, 1.807) is 22.7 Å². The van der Waals surface area contributed by atoms with E-state index in [1.165, 1.54) is 6.33 Å². The molecule has 1 aliphatic heterocycles. The van der Waals surface area contributed by atoms with Gasteiger partial charge in [-0.1, -0.05) is 17.4 Å². The molecule has 3 aromatic rings. The summed E-state index contributed by atoms with van der Waals surface area (Å²) in [7, 11) is 0. The van der Waals surface area contributed by atoms with Crippen molar-refractivity contribution < 1.29 is 4.92 Å². The molecule has 0 saturated carbocycles. The minimum Gasteiger partial charge on any atom is -0.378 e. The number of nitro groups is 1. The monoisotopic (exact) mass is 390 g/mol. The average molecular weight is 390 g/mol. The maximum atomic E-state index is 11.3. The van der Waals surface area contributed by atoms with Crippen molar-refractivity contribution in [3.8, 4) is 9.88 Å². The molecule has 3 aromatic heterocycles. The summed E-state index contributed by atoms with van der Waals surface area (Å²) in [5.41, 5.74) is 5.41. The van der Waals surface area contributed by atoms with Gasteiger partial charge in [-0.3, -0.25) is 10.1 Å². The summed E-state index contributed by atoms with van der Waals surface area (Å²) in [4.78, 5) is 23.6. The Labute approximate surface area is 156 Å². The molecule has 10 nitrogen and oxygen atoms in total. The van der Waals surface area contributed by atoms with Crippen LogP contribution < -0.4 is 15.5 Å². The Bertz CT molecular complexity index is 921. The Morgan fingerprint density at radius 1 is 1.15 bits per heavy atom. The molecule has 0 atom stereocenters. The van der Waals surface area contributed by atoms with Crippen molar-refractivity contribution in [1.82, 2.24) is 20.2 Å². The Kier molecular flexibility index (Phi) is 4.34. The van der Waals surface area contributed by atoms with Crippen molar-refractivity contribution in [1.29, 1.82) is 0 Å². The number of nitrogens with two attached hydrogens (primary N) is 1. The van der Waals surface area contributed by atoms with Crippen molar-refractivity contribution in [2.75, 3.05) is 41.7 Å². The second-order valence-electron chi connectivity index (χ2n) is 5.53. The van der Waals surface area contributed by atoms with Gasteiger partial charge in [-0.05, 0) is 11.4 Å². The van der Waals surface area contributed by atoms with E-state index in [2.05, 4.69) is 25.1 Å². The van der Waals surface area contributed by atoms with Gasteiger partial charge in [0.05, 0.1) is 9.80 Å². The quantitative estimate of drug-likeness (QED) is 0.524. The largest absolute Gasteiger partial charge is 0.378 e. The van der Waals surface area contributed by atoms with E-state index in [-0.39, 0.29) is 17.3 Å². The summed E-state index contributed by atoms with van der Waals surface area (Å²) >= 11 is 3.18. The van der Waals surface area contributed by atoms with Crippen molar-refractivity contribution in [3.05, 3.63) is 34.0 Å². The number of nitrogens with zero attached hydrogens (tertiary/aromatic N) is 7. The molecule has 1 saturated heterocycles. The second kappa shape index (κ2) is 6.80. The SMILES string of the molecule is Nc1ncnc(N2CCN(c3nnc(-c4cccs4)s3)CC2)c1[N+](=O)[O-]. The molecule has 1 aliphatic rings. The zero-order chi connectivity index (χ0) is 18.1. The third-order valence-electron chi connectivity index (χ3n) is 4.01. The average Bonchev–Trinajstić information content (AvgIpc) is 3.33. The van der Waals surface area contributed by atoms with Gasteiger partial charge in [0.25, 0.3) is 0 Å². The van der Waals surface area contributed by atoms with Gasteiger partial charge in [-0.2, -0.15) is 0 Å². The smallest absolute Gasteiger partial charge is 0.353 e. The van der Waals surface area contributed by atoms with Crippen molar-refractivity contribution in [3.63, 3.8) is 0 Å². The van der Waals surface area contributed by atoms with Gasteiger partial charge in [0.2, 0.25) is 16.8 Å². The molecule has 134 valence electrons. The number of rotatable bonds is 4. The van der Waals surface area contributed by atoms with Crippen LogP contribution in [0.1, 0.15) is 0 Å². The van der Waals surface area contributed by atoms with Crippen LogP contribution in [-0.2, 0) is 0 Å². The van der Waals surface area contributed by atoms with Crippen molar-refractivity contribution in [2.45, 2.75) is 0 Å². The summed E-state index contributed by atoms with van der Waals surface area (Å²) in [5.74, 6) is 0.144. The summed E-state index contributed by atoms with van der Waals surface area (Å²) in [6, 6.07) is 4.01. The molecule has 1 fully saturated rings. The highest BCUT2D eigenvalue weighted by Crippen LogP contribution is 2.33. The lowest BCUT2D eigenvalue weighted by Gasteiger charge is -2.34. The van der Waals surface area contributed by atoms with E-state index in [9.17, 15) is 10.1 Å². The van der Waals surface area contributed by atoms with Gasteiger partial charge in [0, 0.05) is 26.2 Å². The fraction of sp³-hybridized carbons (Fsp3) is 0.286. The zero-order valence-electron chi connectivity index (χ0n) is 13.5. The van der Waals surface area contributed by atoms with Crippen LogP contribution in [0.2, 0.25) is 0 Å². The normalized spacial score (nSPS) is 14.6. The maximum absolute atomic E-state index is 11.3. The lowest BCUT2D eigenvalue weighted by Crippen LogP contribution is -2.47. The van der Waals surface area contributed by atoms with Crippen LogP contribution in [0.25, 0.3) is 9.88 Å². The number of piperazine rings is 1. The molecule has 0 unspecified atom stereocenters. The fourth-order valence-corrected chi connectivity index (χ4v) is 4.43. The number of thiophene rings is 1. The third kappa shape index (κ3) is 3.04. The minimum absolute atomic E-state index is 0.118. The van der Waals surface area contributed by atoms with Gasteiger partial charge in [0.1, 0.15) is 6.33 Å². The van der Waals surface area contributed by atoms with Crippen LogP contribution in [0.4, 0.5) is 22.5 Å². The third-order valence-corrected chi connectivity index (χ3v) is 6.03. The number of hydrogen-bond acceptors (Lipinski definition) is 11. The second-order valence-corrected chi connectivity index (χ2v) is 7.43. The highest BCUT2D eigenvalue weighted by molar-refractivity contribution is 7.22. The van der Waals surface area contributed by atoms with Crippen LogP contribution in [0, 0.1) is 10.1 Å². The Balaban J connectivity index is 1.48. The molecule has 0 bridgehead atoms. The lowest BCUT2D eigenvalue weighted by atomic mass is 10.3. The molecular weight excluding hydrogens is 376 g/mol. The highest BCUT2D eigenvalue weighted by atomic mass is 32.1. The van der Waals surface area contributed by atoms with Gasteiger partial charge >= 0.3 is 5.69 Å². The Morgan fingerprint density at radius 3 is 2.62 bits per heavy atom. The highest BCUT2D eigenvalue weighted by Gasteiger charge is 2.29. The van der Waals surface area contributed by atoms with Gasteiger partial charge in [-0.15, -0.1) is 21.5 Å². The van der Waals surface area contributed by atoms with E-state index in [0.717, 1.165) is 15.0 Å². The van der Waals surface area contributed by atoms with E-state index in [4.69, 9.17) is 5.73 Å². The van der Waals surface area contributed by atoms with Crippen LogP contribution in [-0.4, -0.2) is 51.3 Å². The Morgan fingerprint density at radius 2 is 1.92 bits per heavy atom. The molecule has 4 heterocycles. The van der Waals surface area contributed by atoms with Crippen molar-refractivity contribution in [2.24, 2.45) is 0 Å². The number of anilines is 3. The van der Waals surface area contributed by atoms with Crippen molar-refractivity contribution >= 4 is 45.1 Å². The maximum Gasteiger partial charge on any atom is 0.353 e. The van der Waals surface area contributed by atoms with E-state index >= 15 is 0 Å². The van der Waals surface area contributed by atoms with Crippen LogP contribution in [0.15, 0.2) is 23.8 Å². The molecule has 0 aliphatic carbocycles. The first-order valence-electron chi connectivity index (χ1n) is 7.75. The predicted molar refractivity (Wildman–Crippen MR) is 101 cm³/mol. The van der Waals surface area contributed by atoms with Gasteiger partial charge in [-0.25, -0.2) is 9.97 Å². The minimum atomic E-state index is -0.533. The zero-order valence-corrected chi connectivity index (χ0v) is 15.1. The first-order chi connectivity index (χ1) is 12.6. The summed E-state index contributed by atoms with van der Waals surface area (Å²) in [6.45, 7) is 2.48. The molecule has 12 heteroatoms. The van der Waals surface area contributed by atoms with Crippen LogP contribution >= 0.6 is 22.7 Å². The first kappa shape index (κ1) is 16.6. The molecule has 4 rings (SSSR count). The Hall–Kier alpha value is -2.86. The van der Waals surface area contributed by atoms with E-state index in [1.807, 2.05) is 22.4 Å². The first-order valence-corrected chi connectivity index (χ1v) is 9.45. The summed E-state index contributed by atoms with van der Waals surface area (Å²) in [6.07, 6.45) is 1.25. The van der Waals surface area contributed by atoms with E-state index < -0.39 is 4.92 Å². The number of nitrogen functional groups attached to an aromatic ring is 1. The van der Waals surface area contributed by atoms with E-state index in [0.29, 0.717) is 26.2 Å². The summed E-state index contributed by atoms with van der Waals surface area (Å²) in [5, 5.41) is 23.6. The van der Waals surface area contributed by atoms with Gasteiger partial charge < -0.3 is 15.5 Å². The predicted octanol–water partition coefficient (Wildman–Crippen LogP) is 1.87. The lowest BCUT2D eigenvalue weighted by molar-refractivity contribution is -0.383. The molecule has 0 aromatic carbocycles. The molecular formula is C14H14N8O2S2. The van der Waals surface area contributed by atoms with Gasteiger partial charge in [0.15, 0.2) is 5.01 Å². The number of hydrogen-bond donors (Lipinski definition) is 1. The molecule has 0 spiro atoms. The summed E-state index contributed by atoms with van der Waals surface area (Å²) < 4.78 is 0. The molecule has 26 heavy (non-hydrogen) atoms. The standard InChI is InChI=1S/C14H14N8O2S2/c15-11-10(22(23)24)12(17-8-16-11)20-3-5-21(6-4-20)14-19-18-13(26-14)9-2-1-7-25-9/h1-2,7-8H,3-6H2,(H2,15,16,17).